The molecule has 0 nitrogen and oxygen atoms in total. The van der Waals surface area contributed by atoms with Crippen LogP contribution in [0.15, 0.2) is 18.7 Å². The highest BCUT2D eigenvalue weighted by molar-refractivity contribution is 6.32. The molecule has 58 valence electrons. The summed E-state index contributed by atoms with van der Waals surface area (Å²) in [4.78, 5) is 0. The Morgan fingerprint density at radius 2 is 2.18 bits per heavy atom. The van der Waals surface area contributed by atoms with Crippen molar-refractivity contribution < 1.29 is 4.39 Å². The second-order valence-electron chi connectivity index (χ2n) is 2.30. The molecule has 0 radical (unpaired) electrons. The minimum absolute atomic E-state index is 0.324. The molecule has 0 heterocycles. The van der Waals surface area contributed by atoms with Crippen LogP contribution < -0.4 is 0 Å². The van der Waals surface area contributed by atoms with Crippen LogP contribution in [0, 0.1) is 12.7 Å². The van der Waals surface area contributed by atoms with E-state index in [0.717, 1.165) is 5.56 Å². The topological polar surface area (TPSA) is 0 Å². The Labute approximate surface area is 70.3 Å². The molecule has 0 unspecified atom stereocenters. The van der Waals surface area contributed by atoms with Gasteiger partial charge in [-0.2, -0.15) is 0 Å². The minimum Gasteiger partial charge on any atom is -0.206 e. The lowest BCUT2D eigenvalue weighted by Crippen LogP contribution is -1.85. The fourth-order valence-corrected chi connectivity index (χ4v) is 1.10. The van der Waals surface area contributed by atoms with Gasteiger partial charge in [-0.3, -0.25) is 0 Å². The molecule has 0 aliphatic rings. The van der Waals surface area contributed by atoms with E-state index < -0.39 is 0 Å². The average Bonchev–Trinajstić information content (AvgIpc) is 1.99. The molecule has 0 aliphatic heterocycles. The Balaban J connectivity index is 3.40. The van der Waals surface area contributed by atoms with Gasteiger partial charge in [-0.1, -0.05) is 30.3 Å². The van der Waals surface area contributed by atoms with E-state index in [1.165, 1.54) is 12.1 Å². The summed E-state index contributed by atoms with van der Waals surface area (Å²) < 4.78 is 12.9. The molecule has 0 aromatic heterocycles. The summed E-state index contributed by atoms with van der Waals surface area (Å²) in [5.74, 6) is -0.324. The van der Waals surface area contributed by atoms with Crippen molar-refractivity contribution in [3.8, 4) is 0 Å². The van der Waals surface area contributed by atoms with Crippen molar-refractivity contribution in [2.75, 3.05) is 0 Å². The minimum atomic E-state index is -0.324. The van der Waals surface area contributed by atoms with Crippen LogP contribution in [0.3, 0.4) is 0 Å². The normalized spacial score (nSPS) is 9.73. The lowest BCUT2D eigenvalue weighted by Gasteiger charge is -2.02. The fraction of sp³-hybridized carbons (Fsp3) is 0.111. The number of halogens is 2. The molecule has 1 aromatic carbocycles. The molecule has 0 bridgehead atoms. The van der Waals surface area contributed by atoms with Gasteiger partial charge in [-0.15, -0.1) is 0 Å². The molecule has 0 atom stereocenters. The number of hydrogen-bond donors (Lipinski definition) is 0. The third-order valence-electron chi connectivity index (χ3n) is 1.52. The Kier molecular flexibility index (Phi) is 2.30. The van der Waals surface area contributed by atoms with Crippen molar-refractivity contribution in [2.24, 2.45) is 0 Å². The van der Waals surface area contributed by atoms with Crippen LogP contribution in [0.2, 0.25) is 5.02 Å². The van der Waals surface area contributed by atoms with E-state index in [1.807, 2.05) is 6.92 Å². The van der Waals surface area contributed by atoms with Crippen LogP contribution in [0.4, 0.5) is 4.39 Å². The molecule has 0 aliphatic carbocycles. The molecule has 0 spiro atoms. The van der Waals surface area contributed by atoms with Crippen molar-refractivity contribution in [2.45, 2.75) is 6.92 Å². The molecular weight excluding hydrogens is 163 g/mol. The van der Waals surface area contributed by atoms with Gasteiger partial charge in [-0.25, -0.2) is 4.39 Å². The summed E-state index contributed by atoms with van der Waals surface area (Å²) in [6.07, 6.45) is 1.42. The molecule has 0 fully saturated rings. The summed E-state index contributed by atoms with van der Waals surface area (Å²) in [5, 5.41) is 0.444. The van der Waals surface area contributed by atoms with E-state index in [0.29, 0.717) is 10.6 Å². The first-order chi connectivity index (χ1) is 5.16. The Morgan fingerprint density at radius 1 is 1.55 bits per heavy atom. The number of rotatable bonds is 1. The first-order valence-electron chi connectivity index (χ1n) is 3.24. The predicted octanol–water partition coefficient (Wildman–Crippen LogP) is 3.43. The van der Waals surface area contributed by atoms with Crippen molar-refractivity contribution in [3.63, 3.8) is 0 Å². The van der Waals surface area contributed by atoms with E-state index >= 15 is 0 Å². The molecule has 1 aromatic rings. The molecular formula is C9H8ClF. The quantitative estimate of drug-likeness (QED) is 0.606. The van der Waals surface area contributed by atoms with Gasteiger partial charge >= 0.3 is 0 Å². The van der Waals surface area contributed by atoms with Crippen LogP contribution in [0.25, 0.3) is 6.08 Å². The van der Waals surface area contributed by atoms with Crippen LogP contribution in [-0.2, 0) is 0 Å². The lowest BCUT2D eigenvalue weighted by atomic mass is 10.1. The molecule has 0 saturated heterocycles. The zero-order chi connectivity index (χ0) is 8.43. The van der Waals surface area contributed by atoms with Crippen molar-refractivity contribution in [1.82, 2.24) is 0 Å². The van der Waals surface area contributed by atoms with Crippen molar-refractivity contribution in [1.29, 1.82) is 0 Å². The standard InChI is InChI=1S/C9H8ClF/c1-3-7-8(11)5-4-6(2)9(7)10/h3-5H,1H2,2H3. The highest BCUT2D eigenvalue weighted by Gasteiger charge is 2.04. The number of hydrogen-bond acceptors (Lipinski definition) is 0. The zero-order valence-corrected chi connectivity index (χ0v) is 6.95. The first kappa shape index (κ1) is 8.28. The Morgan fingerprint density at radius 3 is 2.64 bits per heavy atom. The summed E-state index contributed by atoms with van der Waals surface area (Å²) in [5.41, 5.74) is 1.25. The third-order valence-corrected chi connectivity index (χ3v) is 2.03. The van der Waals surface area contributed by atoms with Crippen molar-refractivity contribution in [3.05, 3.63) is 40.7 Å². The summed E-state index contributed by atoms with van der Waals surface area (Å²) in [7, 11) is 0. The van der Waals surface area contributed by atoms with Crippen LogP contribution >= 0.6 is 11.6 Å². The van der Waals surface area contributed by atoms with Gasteiger partial charge in [0.05, 0.1) is 5.02 Å². The van der Waals surface area contributed by atoms with Gasteiger partial charge in [0.2, 0.25) is 0 Å². The van der Waals surface area contributed by atoms with Crippen molar-refractivity contribution >= 4 is 17.7 Å². The molecule has 0 saturated carbocycles. The van der Waals surface area contributed by atoms with Crippen LogP contribution in [0.1, 0.15) is 11.1 Å². The Bertz CT molecular complexity index is 292. The van der Waals surface area contributed by atoms with Gasteiger partial charge in [0.15, 0.2) is 0 Å². The monoisotopic (exact) mass is 170 g/mol. The highest BCUT2D eigenvalue weighted by atomic mass is 35.5. The molecule has 2 heteroatoms. The fourth-order valence-electron chi connectivity index (χ4n) is 0.865. The van der Waals surface area contributed by atoms with Crippen LogP contribution in [0.5, 0.6) is 0 Å². The van der Waals surface area contributed by atoms with Gasteiger partial charge in [-0.05, 0) is 18.6 Å². The largest absolute Gasteiger partial charge is 0.206 e. The molecule has 1 rings (SSSR count). The van der Waals surface area contributed by atoms with Gasteiger partial charge < -0.3 is 0 Å². The third kappa shape index (κ3) is 1.43. The highest BCUT2D eigenvalue weighted by Crippen LogP contribution is 2.23. The maximum Gasteiger partial charge on any atom is 0.131 e. The van der Waals surface area contributed by atoms with E-state index in [9.17, 15) is 4.39 Å². The number of aryl methyl sites for hydroxylation is 1. The van der Waals surface area contributed by atoms with Gasteiger partial charge in [0.25, 0.3) is 0 Å². The zero-order valence-electron chi connectivity index (χ0n) is 6.20. The summed E-state index contributed by atoms with van der Waals surface area (Å²) in [6.45, 7) is 5.30. The van der Waals surface area contributed by atoms with Gasteiger partial charge in [0, 0.05) is 5.56 Å². The average molecular weight is 171 g/mol. The summed E-state index contributed by atoms with van der Waals surface area (Å²) in [6, 6.07) is 3.03. The van der Waals surface area contributed by atoms with Crippen LogP contribution in [-0.4, -0.2) is 0 Å². The second-order valence-corrected chi connectivity index (χ2v) is 2.67. The van der Waals surface area contributed by atoms with E-state index in [2.05, 4.69) is 6.58 Å². The smallest absolute Gasteiger partial charge is 0.131 e. The van der Waals surface area contributed by atoms with Gasteiger partial charge in [0.1, 0.15) is 5.82 Å². The SMILES string of the molecule is C=Cc1c(F)ccc(C)c1Cl. The van der Waals surface area contributed by atoms with E-state index in [-0.39, 0.29) is 5.82 Å². The molecule has 0 amide bonds. The van der Waals surface area contributed by atoms with E-state index in [4.69, 9.17) is 11.6 Å². The predicted molar refractivity (Wildman–Crippen MR) is 46.2 cm³/mol. The van der Waals surface area contributed by atoms with E-state index in [1.54, 1.807) is 6.07 Å². The first-order valence-corrected chi connectivity index (χ1v) is 3.61. The maximum absolute atomic E-state index is 12.9. The molecule has 11 heavy (non-hydrogen) atoms. The summed E-state index contributed by atoms with van der Waals surface area (Å²) >= 11 is 5.79. The maximum atomic E-state index is 12.9. The Hall–Kier alpha value is -0.820. The second kappa shape index (κ2) is 3.05. The number of benzene rings is 1. The lowest BCUT2D eigenvalue weighted by molar-refractivity contribution is 0.625. The molecule has 0 N–H and O–H groups in total.